The first-order valence-corrected chi connectivity index (χ1v) is 21.0. The van der Waals surface area contributed by atoms with Gasteiger partial charge in [0.25, 0.3) is 0 Å². The quantitative estimate of drug-likeness (QED) is 0.0289. The largest absolute Gasteiger partial charge is 0.469 e. The third kappa shape index (κ3) is 38.7. The molecule has 0 aliphatic rings. The Morgan fingerprint density at radius 1 is 0.551 bits per heavy atom. The van der Waals surface area contributed by atoms with E-state index in [0.717, 1.165) is 83.5 Å². The molecule has 0 aromatic rings. The van der Waals surface area contributed by atoms with Crippen molar-refractivity contribution in [2.45, 2.75) is 180 Å². The molecule has 0 amide bonds. The Hall–Kier alpha value is -1.99. The maximum atomic E-state index is 12.4. The summed E-state index contributed by atoms with van der Waals surface area (Å²) in [5, 5.41) is 0. The highest BCUT2D eigenvalue weighted by molar-refractivity contribution is 7.46. The minimum atomic E-state index is -4.76. The SMILES string of the molecule is CC/C=C\C/C=C\C/C=C\CCCCCCCC(=O)OC(COC(=O)CCCCCCC/C=C\CCCCCCCCC)COP(=O)(O)O. The van der Waals surface area contributed by atoms with Gasteiger partial charge in [-0.25, -0.2) is 4.57 Å². The maximum absolute atomic E-state index is 12.4. The molecule has 0 aromatic carbocycles. The van der Waals surface area contributed by atoms with Crippen LogP contribution in [0.1, 0.15) is 174 Å². The van der Waals surface area contributed by atoms with Crippen molar-refractivity contribution in [3.05, 3.63) is 48.6 Å². The minimum absolute atomic E-state index is 0.190. The summed E-state index contributed by atoms with van der Waals surface area (Å²) >= 11 is 0. The Morgan fingerprint density at radius 3 is 1.49 bits per heavy atom. The van der Waals surface area contributed by atoms with Crippen LogP contribution in [-0.4, -0.2) is 41.0 Å². The Bertz CT molecular complexity index is 937. The summed E-state index contributed by atoms with van der Waals surface area (Å²) in [7, 11) is -4.76. The molecule has 0 rings (SSSR count). The van der Waals surface area contributed by atoms with Gasteiger partial charge in [0.05, 0.1) is 6.61 Å². The number of allylic oxidation sites excluding steroid dienone is 8. The number of carbonyl (C=O) groups is 2. The number of rotatable bonds is 35. The summed E-state index contributed by atoms with van der Waals surface area (Å²) in [6, 6.07) is 0. The van der Waals surface area contributed by atoms with Crippen LogP contribution < -0.4 is 0 Å². The molecular formula is C40H71O8P. The van der Waals surface area contributed by atoms with E-state index in [-0.39, 0.29) is 19.4 Å². The van der Waals surface area contributed by atoms with Crippen molar-refractivity contribution >= 4 is 19.8 Å². The van der Waals surface area contributed by atoms with E-state index in [9.17, 15) is 14.2 Å². The molecule has 2 N–H and O–H groups in total. The summed E-state index contributed by atoms with van der Waals surface area (Å²) in [5.41, 5.74) is 0. The number of esters is 2. The van der Waals surface area contributed by atoms with Crippen molar-refractivity contribution in [1.82, 2.24) is 0 Å². The number of carbonyl (C=O) groups excluding carboxylic acids is 2. The van der Waals surface area contributed by atoms with Crippen molar-refractivity contribution in [3.8, 4) is 0 Å². The Balaban J connectivity index is 3.99. The predicted molar refractivity (Wildman–Crippen MR) is 202 cm³/mol. The Kier molecular flexibility index (Phi) is 34.4. The fraction of sp³-hybridized carbons (Fsp3) is 0.750. The van der Waals surface area contributed by atoms with Gasteiger partial charge in [-0.1, -0.05) is 140 Å². The van der Waals surface area contributed by atoms with E-state index < -0.39 is 32.5 Å². The van der Waals surface area contributed by atoms with E-state index >= 15 is 0 Å². The zero-order valence-corrected chi connectivity index (χ0v) is 32.0. The molecule has 0 saturated carbocycles. The van der Waals surface area contributed by atoms with Gasteiger partial charge in [-0.05, 0) is 70.6 Å². The van der Waals surface area contributed by atoms with Crippen LogP contribution in [0, 0.1) is 0 Å². The first-order valence-electron chi connectivity index (χ1n) is 19.4. The maximum Gasteiger partial charge on any atom is 0.469 e. The van der Waals surface area contributed by atoms with Crippen LogP contribution in [0.2, 0.25) is 0 Å². The van der Waals surface area contributed by atoms with E-state index in [1.54, 1.807) is 0 Å². The Labute approximate surface area is 299 Å². The molecule has 9 heteroatoms. The lowest BCUT2D eigenvalue weighted by atomic mass is 10.1. The first-order chi connectivity index (χ1) is 23.8. The molecule has 1 unspecified atom stereocenters. The van der Waals surface area contributed by atoms with Crippen molar-refractivity contribution in [1.29, 1.82) is 0 Å². The number of hydrogen-bond donors (Lipinski definition) is 2. The van der Waals surface area contributed by atoms with Crippen LogP contribution in [0.15, 0.2) is 48.6 Å². The number of hydrogen-bond acceptors (Lipinski definition) is 6. The van der Waals surface area contributed by atoms with Crippen LogP contribution in [0.4, 0.5) is 0 Å². The lowest BCUT2D eigenvalue weighted by Gasteiger charge is -2.18. The molecule has 0 heterocycles. The zero-order valence-electron chi connectivity index (χ0n) is 31.1. The molecule has 49 heavy (non-hydrogen) atoms. The molecule has 0 aliphatic carbocycles. The first kappa shape index (κ1) is 47.0. The molecule has 0 aliphatic heterocycles. The predicted octanol–water partition coefficient (Wildman–Crippen LogP) is 11.6. The number of phosphoric acid groups is 1. The average Bonchev–Trinajstić information content (AvgIpc) is 3.07. The van der Waals surface area contributed by atoms with Crippen LogP contribution in [0.25, 0.3) is 0 Å². The second kappa shape index (κ2) is 35.8. The second-order valence-corrected chi connectivity index (χ2v) is 14.1. The van der Waals surface area contributed by atoms with E-state index in [0.29, 0.717) is 12.8 Å². The Morgan fingerprint density at radius 2 is 0.980 bits per heavy atom. The van der Waals surface area contributed by atoms with Gasteiger partial charge in [0.1, 0.15) is 6.61 Å². The standard InChI is InChI=1S/C40H71O8P/c1-3-5-7-9-11-13-15-17-19-21-22-24-26-28-30-32-34-39(41)46-36-38(37-47-49(43,44)45)48-40(42)35-33-31-29-27-25-23-20-18-16-14-12-10-8-6-4-2/h6,8,12,14,18-21,38H,3-5,7,9-11,13,15-17,22-37H2,1-2H3,(H2,43,44,45)/b8-6-,14-12-,20-18-,21-19-. The third-order valence-corrected chi connectivity index (χ3v) is 8.57. The van der Waals surface area contributed by atoms with Crippen molar-refractivity contribution in [2.75, 3.05) is 13.2 Å². The van der Waals surface area contributed by atoms with Crippen molar-refractivity contribution in [2.24, 2.45) is 0 Å². The van der Waals surface area contributed by atoms with E-state index in [1.807, 2.05) is 0 Å². The molecule has 0 aromatic heterocycles. The van der Waals surface area contributed by atoms with Gasteiger partial charge in [-0.3, -0.25) is 14.1 Å². The topological polar surface area (TPSA) is 119 Å². The molecule has 0 spiro atoms. The molecule has 0 saturated heterocycles. The van der Waals surface area contributed by atoms with E-state index in [1.165, 1.54) is 51.4 Å². The van der Waals surface area contributed by atoms with Gasteiger partial charge < -0.3 is 19.3 Å². The van der Waals surface area contributed by atoms with Gasteiger partial charge in [0.15, 0.2) is 6.10 Å². The van der Waals surface area contributed by atoms with E-state index in [4.69, 9.17) is 19.3 Å². The summed E-state index contributed by atoms with van der Waals surface area (Å²) in [6.45, 7) is 3.54. The average molecular weight is 711 g/mol. The zero-order chi connectivity index (χ0) is 36.1. The van der Waals surface area contributed by atoms with Gasteiger partial charge in [0, 0.05) is 12.8 Å². The van der Waals surface area contributed by atoms with Crippen LogP contribution in [0.5, 0.6) is 0 Å². The summed E-state index contributed by atoms with van der Waals surface area (Å²) in [6.07, 6.45) is 42.6. The molecule has 0 radical (unpaired) electrons. The molecule has 0 bridgehead atoms. The number of phosphoric ester groups is 1. The molecule has 284 valence electrons. The lowest BCUT2D eigenvalue weighted by molar-refractivity contribution is -0.161. The smallest absolute Gasteiger partial charge is 0.462 e. The summed E-state index contributed by atoms with van der Waals surface area (Å²) < 4.78 is 26.3. The third-order valence-electron chi connectivity index (χ3n) is 8.08. The molecule has 1 atom stereocenters. The van der Waals surface area contributed by atoms with Gasteiger partial charge >= 0.3 is 19.8 Å². The highest BCUT2D eigenvalue weighted by atomic mass is 31.2. The fourth-order valence-corrected chi connectivity index (χ4v) is 5.56. The van der Waals surface area contributed by atoms with Gasteiger partial charge in [0.2, 0.25) is 0 Å². The second-order valence-electron chi connectivity index (χ2n) is 12.9. The fourth-order valence-electron chi connectivity index (χ4n) is 5.20. The van der Waals surface area contributed by atoms with E-state index in [2.05, 4.69) is 67.0 Å². The van der Waals surface area contributed by atoms with Crippen LogP contribution in [-0.2, 0) is 28.2 Å². The normalized spacial score (nSPS) is 13.0. The highest BCUT2D eigenvalue weighted by Gasteiger charge is 2.22. The van der Waals surface area contributed by atoms with Crippen LogP contribution >= 0.6 is 7.82 Å². The van der Waals surface area contributed by atoms with Crippen molar-refractivity contribution < 1.29 is 37.9 Å². The van der Waals surface area contributed by atoms with Gasteiger partial charge in [-0.2, -0.15) is 0 Å². The number of ether oxygens (including phenoxy) is 2. The highest BCUT2D eigenvalue weighted by Crippen LogP contribution is 2.36. The van der Waals surface area contributed by atoms with Gasteiger partial charge in [-0.15, -0.1) is 0 Å². The molecule has 0 fully saturated rings. The summed E-state index contributed by atoms with van der Waals surface area (Å²) in [5.74, 6) is -0.916. The minimum Gasteiger partial charge on any atom is -0.462 e. The summed E-state index contributed by atoms with van der Waals surface area (Å²) in [4.78, 5) is 42.7. The van der Waals surface area contributed by atoms with Crippen LogP contribution in [0.3, 0.4) is 0 Å². The molecular weight excluding hydrogens is 639 g/mol. The lowest BCUT2D eigenvalue weighted by Crippen LogP contribution is -2.29. The monoisotopic (exact) mass is 710 g/mol. The molecule has 8 nitrogen and oxygen atoms in total. The number of unbranched alkanes of at least 4 members (excludes halogenated alkanes) is 17. The van der Waals surface area contributed by atoms with Crippen molar-refractivity contribution in [3.63, 3.8) is 0 Å².